The average molecular weight is 249 g/mol. The van der Waals surface area contributed by atoms with Gasteiger partial charge in [-0.2, -0.15) is 0 Å². The van der Waals surface area contributed by atoms with Crippen LogP contribution in [0.5, 0.6) is 0 Å². The molecule has 0 radical (unpaired) electrons. The van der Waals surface area contributed by atoms with E-state index in [4.69, 9.17) is 5.11 Å². The Bertz CT molecular complexity index is 334. The Morgan fingerprint density at radius 3 is 2.44 bits per heavy atom. The number of hydrogen-bond acceptors (Lipinski definition) is 3. The largest absolute Gasteiger partial charge is 0.396 e. The van der Waals surface area contributed by atoms with Crippen LogP contribution in [0.3, 0.4) is 0 Å². The van der Waals surface area contributed by atoms with Crippen LogP contribution < -0.4 is 0 Å². The highest BCUT2D eigenvalue weighted by atomic mass is 16.3. The molecular formula is C15H23NO2. The van der Waals surface area contributed by atoms with Crippen molar-refractivity contribution in [2.45, 2.75) is 31.9 Å². The molecule has 0 aromatic heterocycles. The number of aliphatic hydroxyl groups excluding tert-OH is 2. The zero-order valence-electron chi connectivity index (χ0n) is 10.8. The Labute approximate surface area is 109 Å². The van der Waals surface area contributed by atoms with Gasteiger partial charge in [0.1, 0.15) is 0 Å². The van der Waals surface area contributed by atoms with E-state index in [1.165, 1.54) is 5.56 Å². The maximum absolute atomic E-state index is 9.87. The minimum atomic E-state index is -0.325. The second-order valence-electron chi connectivity index (χ2n) is 5.18. The molecule has 0 unspecified atom stereocenters. The van der Waals surface area contributed by atoms with Crippen molar-refractivity contribution in [1.82, 2.24) is 4.90 Å². The normalized spacial score (nSPS) is 19.9. The van der Waals surface area contributed by atoms with Crippen LogP contribution in [0.2, 0.25) is 0 Å². The summed E-state index contributed by atoms with van der Waals surface area (Å²) in [4.78, 5) is 2.44. The second kappa shape index (κ2) is 6.88. The summed E-state index contributed by atoms with van der Waals surface area (Å²) in [7, 11) is 0. The first-order valence-electron chi connectivity index (χ1n) is 6.85. The van der Waals surface area contributed by atoms with Gasteiger partial charge in [0.05, 0.1) is 6.10 Å². The third-order valence-electron chi connectivity index (χ3n) is 3.85. The van der Waals surface area contributed by atoms with Crippen molar-refractivity contribution < 1.29 is 10.2 Å². The molecule has 0 saturated carbocycles. The van der Waals surface area contributed by atoms with Crippen LogP contribution >= 0.6 is 0 Å². The summed E-state index contributed by atoms with van der Waals surface area (Å²) in [5, 5.41) is 18.7. The fourth-order valence-electron chi connectivity index (χ4n) is 2.71. The summed E-state index contributed by atoms with van der Waals surface area (Å²) in [6, 6.07) is 10.5. The lowest BCUT2D eigenvalue weighted by molar-refractivity contribution is 0.0400. The van der Waals surface area contributed by atoms with Crippen LogP contribution in [0.4, 0.5) is 0 Å². The van der Waals surface area contributed by atoms with Gasteiger partial charge in [-0.1, -0.05) is 30.3 Å². The van der Waals surface area contributed by atoms with Gasteiger partial charge in [-0.3, -0.25) is 4.90 Å². The van der Waals surface area contributed by atoms with E-state index >= 15 is 0 Å². The van der Waals surface area contributed by atoms with Gasteiger partial charge in [-0.25, -0.2) is 0 Å². The van der Waals surface area contributed by atoms with Crippen molar-refractivity contribution >= 4 is 0 Å². The molecule has 1 aliphatic heterocycles. The summed E-state index contributed by atoms with van der Waals surface area (Å²) in [6.07, 6.45) is 2.26. The van der Waals surface area contributed by atoms with Crippen molar-refractivity contribution in [3.05, 3.63) is 35.9 Å². The molecule has 0 aliphatic carbocycles. The van der Waals surface area contributed by atoms with Crippen LogP contribution in [0.25, 0.3) is 0 Å². The van der Waals surface area contributed by atoms with Gasteiger partial charge in [-0.05, 0) is 43.8 Å². The zero-order chi connectivity index (χ0) is 12.8. The molecule has 1 aromatic carbocycles. The Balaban J connectivity index is 1.77. The van der Waals surface area contributed by atoms with Crippen LogP contribution in [-0.2, 0) is 6.54 Å². The van der Waals surface area contributed by atoms with E-state index in [1.54, 1.807) is 0 Å². The monoisotopic (exact) mass is 249 g/mol. The Morgan fingerprint density at radius 2 is 1.83 bits per heavy atom. The smallest absolute Gasteiger partial charge is 0.0591 e. The molecule has 2 rings (SSSR count). The number of hydrogen-bond donors (Lipinski definition) is 2. The van der Waals surface area contributed by atoms with Gasteiger partial charge in [0.25, 0.3) is 0 Å². The quantitative estimate of drug-likeness (QED) is 0.834. The highest BCUT2D eigenvalue weighted by Crippen LogP contribution is 2.23. The van der Waals surface area contributed by atoms with Crippen molar-refractivity contribution in [2.24, 2.45) is 5.92 Å². The van der Waals surface area contributed by atoms with E-state index in [0.717, 1.165) is 32.5 Å². The molecular weight excluding hydrogens is 226 g/mol. The van der Waals surface area contributed by atoms with Crippen molar-refractivity contribution in [3.8, 4) is 0 Å². The maximum atomic E-state index is 9.87. The van der Waals surface area contributed by atoms with Gasteiger partial charge in [0.2, 0.25) is 0 Å². The number of nitrogens with zero attached hydrogens (tertiary/aromatic N) is 1. The molecule has 18 heavy (non-hydrogen) atoms. The summed E-state index contributed by atoms with van der Waals surface area (Å²) < 4.78 is 0. The molecule has 1 aliphatic rings. The molecule has 0 amide bonds. The topological polar surface area (TPSA) is 43.7 Å². The molecule has 0 spiro atoms. The molecule has 2 N–H and O–H groups in total. The average Bonchev–Trinajstić information content (AvgIpc) is 2.41. The first-order valence-corrected chi connectivity index (χ1v) is 6.85. The van der Waals surface area contributed by atoms with Crippen LogP contribution in [0.15, 0.2) is 30.3 Å². The minimum Gasteiger partial charge on any atom is -0.396 e. The Kier molecular flexibility index (Phi) is 5.17. The molecule has 1 heterocycles. The lowest BCUT2D eigenvalue weighted by Crippen LogP contribution is -2.37. The Hall–Kier alpha value is -0.900. The van der Waals surface area contributed by atoms with Gasteiger partial charge < -0.3 is 10.2 Å². The predicted octanol–water partition coefficient (Wildman–Crippen LogP) is 1.64. The van der Waals surface area contributed by atoms with E-state index in [0.29, 0.717) is 12.3 Å². The van der Waals surface area contributed by atoms with E-state index in [9.17, 15) is 5.11 Å². The third kappa shape index (κ3) is 3.80. The number of benzene rings is 1. The lowest BCUT2D eigenvalue weighted by atomic mass is 9.89. The highest BCUT2D eigenvalue weighted by molar-refractivity contribution is 5.14. The summed E-state index contributed by atoms with van der Waals surface area (Å²) in [5.41, 5.74) is 1.35. The SMILES string of the molecule is OCC[C@H](O)C1CCN(Cc2ccccc2)CC1. The fraction of sp³-hybridized carbons (Fsp3) is 0.600. The summed E-state index contributed by atoms with van der Waals surface area (Å²) in [5.74, 6) is 0.365. The number of aliphatic hydroxyl groups is 2. The maximum Gasteiger partial charge on any atom is 0.0591 e. The molecule has 1 saturated heterocycles. The van der Waals surface area contributed by atoms with Gasteiger partial charge in [0, 0.05) is 13.2 Å². The highest BCUT2D eigenvalue weighted by Gasteiger charge is 2.24. The van der Waals surface area contributed by atoms with E-state index in [-0.39, 0.29) is 12.7 Å². The zero-order valence-corrected chi connectivity index (χ0v) is 10.8. The number of rotatable bonds is 5. The second-order valence-corrected chi connectivity index (χ2v) is 5.18. The summed E-state index contributed by atoms with van der Waals surface area (Å²) >= 11 is 0. The van der Waals surface area contributed by atoms with E-state index < -0.39 is 0 Å². The molecule has 1 aromatic rings. The molecule has 100 valence electrons. The van der Waals surface area contributed by atoms with Crippen molar-refractivity contribution in [3.63, 3.8) is 0 Å². The van der Waals surface area contributed by atoms with E-state index in [1.807, 2.05) is 6.07 Å². The minimum absolute atomic E-state index is 0.0887. The first kappa shape index (κ1) is 13.5. The molecule has 3 nitrogen and oxygen atoms in total. The van der Waals surface area contributed by atoms with Crippen LogP contribution in [-0.4, -0.2) is 40.9 Å². The predicted molar refractivity (Wildman–Crippen MR) is 72.2 cm³/mol. The standard InChI is InChI=1S/C15H23NO2/c17-11-8-15(18)14-6-9-16(10-7-14)12-13-4-2-1-3-5-13/h1-5,14-15,17-18H,6-12H2/t15-/m0/s1. The third-order valence-corrected chi connectivity index (χ3v) is 3.85. The van der Waals surface area contributed by atoms with E-state index in [2.05, 4.69) is 29.2 Å². The summed E-state index contributed by atoms with van der Waals surface area (Å²) in [6.45, 7) is 3.18. The van der Waals surface area contributed by atoms with Crippen molar-refractivity contribution in [2.75, 3.05) is 19.7 Å². The van der Waals surface area contributed by atoms with Gasteiger partial charge in [-0.15, -0.1) is 0 Å². The number of likely N-dealkylation sites (tertiary alicyclic amines) is 1. The Morgan fingerprint density at radius 1 is 1.17 bits per heavy atom. The first-order chi connectivity index (χ1) is 8.79. The van der Waals surface area contributed by atoms with Gasteiger partial charge >= 0.3 is 0 Å². The lowest BCUT2D eigenvalue weighted by Gasteiger charge is -2.34. The molecule has 1 atom stereocenters. The van der Waals surface area contributed by atoms with Crippen molar-refractivity contribution in [1.29, 1.82) is 0 Å². The van der Waals surface area contributed by atoms with Crippen LogP contribution in [0.1, 0.15) is 24.8 Å². The fourth-order valence-corrected chi connectivity index (χ4v) is 2.71. The van der Waals surface area contributed by atoms with Crippen LogP contribution in [0, 0.1) is 5.92 Å². The molecule has 1 fully saturated rings. The van der Waals surface area contributed by atoms with Gasteiger partial charge in [0.15, 0.2) is 0 Å². The molecule has 3 heteroatoms. The molecule has 0 bridgehead atoms. The number of piperidine rings is 1.